The van der Waals surface area contributed by atoms with Crippen LogP contribution < -0.4 is 10.1 Å². The number of hydrogen-bond donors (Lipinski definition) is 1. The highest BCUT2D eigenvalue weighted by atomic mass is 32.1. The number of allylic oxidation sites excluding steroid dienone is 1. The Morgan fingerprint density at radius 3 is 2.81 bits per heavy atom. The topological polar surface area (TPSA) is 57.9 Å². The van der Waals surface area contributed by atoms with Crippen LogP contribution in [0.15, 0.2) is 60.1 Å². The van der Waals surface area contributed by atoms with Crippen LogP contribution in [-0.4, -0.2) is 11.6 Å². The highest BCUT2D eigenvalue weighted by Gasteiger charge is 2.09. The van der Waals surface area contributed by atoms with Crippen LogP contribution in [0.5, 0.6) is 5.75 Å². The highest BCUT2D eigenvalue weighted by Crippen LogP contribution is 2.27. The molecule has 0 unspecified atom stereocenters. The van der Waals surface area contributed by atoms with Gasteiger partial charge in [0, 0.05) is 22.8 Å². The normalized spacial score (nSPS) is 11.0. The van der Waals surface area contributed by atoms with Gasteiger partial charge in [-0.25, -0.2) is 9.37 Å². The summed E-state index contributed by atoms with van der Waals surface area (Å²) in [5, 5.41) is 14.8. The summed E-state index contributed by atoms with van der Waals surface area (Å²) in [5.41, 5.74) is 2.70. The summed E-state index contributed by atoms with van der Waals surface area (Å²) in [6, 6.07) is 15.8. The number of thiazole rings is 1. The van der Waals surface area contributed by atoms with Gasteiger partial charge in [-0.15, -0.1) is 11.3 Å². The maximum atomic E-state index is 13.2. The van der Waals surface area contributed by atoms with Crippen molar-refractivity contribution in [2.24, 2.45) is 0 Å². The van der Waals surface area contributed by atoms with Crippen LogP contribution in [0.3, 0.4) is 0 Å². The smallest absolute Gasteiger partial charge is 0.136 e. The van der Waals surface area contributed by atoms with Crippen molar-refractivity contribution in [2.75, 3.05) is 11.9 Å². The molecule has 0 aliphatic heterocycles. The molecule has 1 heterocycles. The molecule has 0 saturated heterocycles. The fourth-order valence-corrected chi connectivity index (χ4v) is 3.09. The second kappa shape index (κ2) is 8.28. The lowest BCUT2D eigenvalue weighted by Crippen LogP contribution is -1.92. The number of aromatic nitrogens is 1. The predicted octanol–water partition coefficient (Wildman–Crippen LogP) is 5.32. The SMILES string of the molecule is CCOc1ccc(-c2csc(/C(C#N)=C/Nc3cccc(F)c3)n2)cc1. The number of halogens is 1. The minimum atomic E-state index is -0.339. The Balaban J connectivity index is 1.78. The Kier molecular flexibility index (Phi) is 5.62. The van der Waals surface area contributed by atoms with E-state index in [4.69, 9.17) is 4.74 Å². The molecule has 2 aromatic carbocycles. The van der Waals surface area contributed by atoms with Crippen LogP contribution in [0.25, 0.3) is 16.8 Å². The first-order valence-electron chi connectivity index (χ1n) is 8.01. The summed E-state index contributed by atoms with van der Waals surface area (Å²) in [4.78, 5) is 4.53. The van der Waals surface area contributed by atoms with Gasteiger partial charge in [-0.2, -0.15) is 5.26 Å². The third kappa shape index (κ3) is 4.26. The standard InChI is InChI=1S/C20H16FN3OS/c1-2-25-18-8-6-14(7-9-18)19-13-26-20(24-19)15(11-22)12-23-17-5-3-4-16(21)10-17/h3-10,12-13,23H,2H2,1H3/b15-12+. The van der Waals surface area contributed by atoms with E-state index in [1.807, 2.05) is 36.6 Å². The zero-order valence-electron chi connectivity index (χ0n) is 14.1. The van der Waals surface area contributed by atoms with Gasteiger partial charge in [-0.05, 0) is 49.4 Å². The van der Waals surface area contributed by atoms with E-state index in [2.05, 4.69) is 16.4 Å². The van der Waals surface area contributed by atoms with Crippen LogP contribution in [0.4, 0.5) is 10.1 Å². The zero-order valence-corrected chi connectivity index (χ0v) is 14.9. The van der Waals surface area contributed by atoms with Crippen molar-refractivity contribution < 1.29 is 9.13 Å². The molecule has 0 aliphatic rings. The van der Waals surface area contributed by atoms with Crippen LogP contribution in [-0.2, 0) is 0 Å². The lowest BCUT2D eigenvalue weighted by molar-refractivity contribution is 0.340. The quantitative estimate of drug-likeness (QED) is 0.600. The molecule has 0 fully saturated rings. The van der Waals surface area contributed by atoms with Crippen LogP contribution in [0, 0.1) is 17.1 Å². The molecule has 26 heavy (non-hydrogen) atoms. The lowest BCUT2D eigenvalue weighted by Gasteiger charge is -2.03. The van der Waals surface area contributed by atoms with Gasteiger partial charge in [0.25, 0.3) is 0 Å². The molecule has 3 aromatic rings. The Morgan fingerprint density at radius 1 is 1.31 bits per heavy atom. The number of hydrogen-bond acceptors (Lipinski definition) is 5. The summed E-state index contributed by atoms with van der Waals surface area (Å²) in [7, 11) is 0. The fourth-order valence-electron chi connectivity index (χ4n) is 2.29. The van der Waals surface area contributed by atoms with Crippen molar-refractivity contribution in [3.05, 3.63) is 70.9 Å². The van der Waals surface area contributed by atoms with E-state index in [9.17, 15) is 9.65 Å². The number of rotatable bonds is 6. The van der Waals surface area contributed by atoms with Gasteiger partial charge in [0.2, 0.25) is 0 Å². The summed E-state index contributed by atoms with van der Waals surface area (Å²) in [5.74, 6) is 0.470. The van der Waals surface area contributed by atoms with Crippen LogP contribution in [0.1, 0.15) is 11.9 Å². The molecule has 0 amide bonds. The van der Waals surface area contributed by atoms with E-state index in [0.29, 0.717) is 22.9 Å². The van der Waals surface area contributed by atoms with E-state index >= 15 is 0 Å². The minimum Gasteiger partial charge on any atom is -0.494 e. The Hall–Kier alpha value is -3.17. The van der Waals surface area contributed by atoms with Gasteiger partial charge in [0.05, 0.1) is 12.3 Å². The van der Waals surface area contributed by atoms with Gasteiger partial charge >= 0.3 is 0 Å². The Morgan fingerprint density at radius 2 is 2.12 bits per heavy atom. The molecule has 0 radical (unpaired) electrons. The van der Waals surface area contributed by atoms with Gasteiger partial charge in [0.15, 0.2) is 0 Å². The minimum absolute atomic E-state index is 0.339. The van der Waals surface area contributed by atoms with Gasteiger partial charge in [0.1, 0.15) is 28.2 Å². The van der Waals surface area contributed by atoms with Crippen LogP contribution in [0.2, 0.25) is 0 Å². The predicted molar refractivity (Wildman–Crippen MR) is 102 cm³/mol. The second-order valence-corrected chi connectivity index (χ2v) is 6.18. The third-order valence-corrected chi connectivity index (χ3v) is 4.40. The van der Waals surface area contributed by atoms with Gasteiger partial charge in [-0.3, -0.25) is 0 Å². The molecule has 0 atom stereocenters. The van der Waals surface area contributed by atoms with Crippen molar-refractivity contribution in [2.45, 2.75) is 6.92 Å². The average Bonchev–Trinajstić information content (AvgIpc) is 3.13. The molecule has 4 nitrogen and oxygen atoms in total. The van der Waals surface area contributed by atoms with Gasteiger partial charge in [-0.1, -0.05) is 6.07 Å². The number of benzene rings is 2. The maximum Gasteiger partial charge on any atom is 0.136 e. The maximum absolute atomic E-state index is 13.2. The summed E-state index contributed by atoms with van der Waals surface area (Å²) in [6.07, 6.45) is 1.54. The summed E-state index contributed by atoms with van der Waals surface area (Å²) in [6.45, 7) is 2.56. The van der Waals surface area contributed by atoms with Crippen molar-refractivity contribution in [1.82, 2.24) is 4.98 Å². The highest BCUT2D eigenvalue weighted by molar-refractivity contribution is 7.11. The molecule has 0 bridgehead atoms. The van der Waals surface area contributed by atoms with Crippen molar-refractivity contribution >= 4 is 22.6 Å². The van der Waals surface area contributed by atoms with Gasteiger partial charge < -0.3 is 10.1 Å². The monoisotopic (exact) mass is 365 g/mol. The molecule has 3 rings (SSSR count). The molecule has 0 saturated carbocycles. The molecule has 1 aromatic heterocycles. The summed E-state index contributed by atoms with van der Waals surface area (Å²) >= 11 is 1.38. The number of nitrogens with zero attached hydrogens (tertiary/aromatic N) is 2. The second-order valence-electron chi connectivity index (χ2n) is 5.32. The van der Waals surface area contributed by atoms with E-state index in [1.165, 1.54) is 29.7 Å². The zero-order chi connectivity index (χ0) is 18.4. The lowest BCUT2D eigenvalue weighted by atomic mass is 10.2. The molecule has 0 aliphatic carbocycles. The largest absolute Gasteiger partial charge is 0.494 e. The summed E-state index contributed by atoms with van der Waals surface area (Å²) < 4.78 is 18.7. The first kappa shape index (κ1) is 17.6. The number of ether oxygens (including phenoxy) is 1. The van der Waals surface area contributed by atoms with Crippen molar-refractivity contribution in [1.29, 1.82) is 5.26 Å². The van der Waals surface area contributed by atoms with Crippen molar-refractivity contribution in [3.8, 4) is 23.1 Å². The first-order valence-corrected chi connectivity index (χ1v) is 8.89. The van der Waals surface area contributed by atoms with E-state index in [0.717, 1.165) is 17.0 Å². The Bertz CT molecular complexity index is 958. The van der Waals surface area contributed by atoms with Crippen molar-refractivity contribution in [3.63, 3.8) is 0 Å². The van der Waals surface area contributed by atoms with E-state index in [-0.39, 0.29) is 5.82 Å². The number of nitrogens with one attached hydrogen (secondary N) is 1. The van der Waals surface area contributed by atoms with Crippen LogP contribution >= 0.6 is 11.3 Å². The van der Waals surface area contributed by atoms with E-state index < -0.39 is 0 Å². The fraction of sp³-hybridized carbons (Fsp3) is 0.100. The molecular formula is C20H16FN3OS. The molecular weight excluding hydrogens is 349 g/mol. The molecule has 130 valence electrons. The molecule has 0 spiro atoms. The number of anilines is 1. The molecule has 6 heteroatoms. The first-order chi connectivity index (χ1) is 12.7. The third-order valence-electron chi connectivity index (χ3n) is 3.52. The Labute approximate surface area is 155 Å². The number of nitriles is 1. The molecule has 1 N–H and O–H groups in total. The van der Waals surface area contributed by atoms with E-state index in [1.54, 1.807) is 12.1 Å². The average molecular weight is 365 g/mol.